The third-order valence-electron chi connectivity index (χ3n) is 3.18. The van der Waals surface area contributed by atoms with Crippen LogP contribution in [-0.4, -0.2) is 19.2 Å². The van der Waals surface area contributed by atoms with Crippen LogP contribution in [0.2, 0.25) is 0 Å². The normalized spacial score (nSPS) is 10.6. The molecule has 108 valence electrons. The molecule has 2 aromatic carbocycles. The molecule has 0 aliphatic carbocycles. The van der Waals surface area contributed by atoms with Crippen molar-refractivity contribution in [2.24, 2.45) is 0 Å². The van der Waals surface area contributed by atoms with Gasteiger partial charge in [-0.05, 0) is 37.3 Å². The van der Waals surface area contributed by atoms with E-state index in [9.17, 15) is 0 Å². The van der Waals surface area contributed by atoms with Gasteiger partial charge in [-0.25, -0.2) is 4.98 Å². The van der Waals surface area contributed by atoms with Crippen LogP contribution in [0.5, 0.6) is 11.5 Å². The first kappa shape index (κ1) is 13.7. The van der Waals surface area contributed by atoms with E-state index < -0.39 is 0 Å². The summed E-state index contributed by atoms with van der Waals surface area (Å²) in [6.45, 7) is 2.02. The average molecular weight is 300 g/mol. The van der Waals surface area contributed by atoms with E-state index in [-0.39, 0.29) is 0 Å². The number of hydrogen-bond donors (Lipinski definition) is 1. The van der Waals surface area contributed by atoms with Gasteiger partial charge in [-0.1, -0.05) is 0 Å². The van der Waals surface area contributed by atoms with Crippen molar-refractivity contribution in [1.82, 2.24) is 4.98 Å². The smallest absolute Gasteiger partial charge is 0.145 e. The summed E-state index contributed by atoms with van der Waals surface area (Å²) in [5.74, 6) is 1.51. The second-order valence-corrected chi connectivity index (χ2v) is 5.84. The van der Waals surface area contributed by atoms with Gasteiger partial charge < -0.3 is 14.8 Å². The van der Waals surface area contributed by atoms with E-state index in [1.54, 1.807) is 25.6 Å². The Morgan fingerprint density at radius 3 is 2.67 bits per heavy atom. The number of rotatable bonds is 4. The van der Waals surface area contributed by atoms with Gasteiger partial charge in [0.2, 0.25) is 0 Å². The van der Waals surface area contributed by atoms with Crippen LogP contribution in [0.3, 0.4) is 0 Å². The summed E-state index contributed by atoms with van der Waals surface area (Å²) in [7, 11) is 3.29. The third-order valence-corrected chi connectivity index (χ3v) is 4.13. The molecule has 1 N–H and O–H groups in total. The van der Waals surface area contributed by atoms with Crippen molar-refractivity contribution in [3.8, 4) is 11.5 Å². The second kappa shape index (κ2) is 5.61. The molecule has 0 aliphatic heterocycles. The lowest BCUT2D eigenvalue weighted by atomic mass is 10.2. The fourth-order valence-corrected chi connectivity index (χ4v) is 2.99. The van der Waals surface area contributed by atoms with Crippen molar-refractivity contribution in [1.29, 1.82) is 0 Å². The Labute approximate surface area is 127 Å². The number of aromatic nitrogens is 1. The highest BCUT2D eigenvalue weighted by atomic mass is 32.1. The molecule has 0 spiro atoms. The number of hydrogen-bond acceptors (Lipinski definition) is 5. The van der Waals surface area contributed by atoms with E-state index in [1.807, 2.05) is 37.3 Å². The monoisotopic (exact) mass is 300 g/mol. The maximum absolute atomic E-state index is 5.40. The number of anilines is 2. The summed E-state index contributed by atoms with van der Waals surface area (Å²) >= 11 is 1.70. The van der Waals surface area contributed by atoms with Gasteiger partial charge in [-0.3, -0.25) is 0 Å². The first-order valence-electron chi connectivity index (χ1n) is 6.56. The van der Waals surface area contributed by atoms with Crippen molar-refractivity contribution in [2.45, 2.75) is 6.92 Å². The quantitative estimate of drug-likeness (QED) is 0.777. The van der Waals surface area contributed by atoms with Gasteiger partial charge in [-0.2, -0.15) is 0 Å². The number of nitrogens with one attached hydrogen (secondary N) is 1. The summed E-state index contributed by atoms with van der Waals surface area (Å²) < 4.78 is 11.8. The Balaban J connectivity index is 1.93. The Bertz CT molecular complexity index is 783. The SMILES string of the molecule is COc1ccc(Nc2ccc3sc(C)nc3c2)c(OC)c1. The zero-order valence-corrected chi connectivity index (χ0v) is 13.0. The molecule has 0 saturated heterocycles. The van der Waals surface area contributed by atoms with E-state index >= 15 is 0 Å². The van der Waals surface area contributed by atoms with Crippen molar-refractivity contribution >= 4 is 32.9 Å². The van der Waals surface area contributed by atoms with E-state index in [0.29, 0.717) is 0 Å². The maximum atomic E-state index is 5.40. The molecule has 5 heteroatoms. The highest BCUT2D eigenvalue weighted by Crippen LogP contribution is 2.32. The van der Waals surface area contributed by atoms with Crippen LogP contribution in [0.4, 0.5) is 11.4 Å². The van der Waals surface area contributed by atoms with Crippen molar-refractivity contribution in [3.05, 3.63) is 41.4 Å². The minimum atomic E-state index is 0.740. The van der Waals surface area contributed by atoms with Crippen molar-refractivity contribution in [3.63, 3.8) is 0 Å². The molecule has 4 nitrogen and oxygen atoms in total. The van der Waals surface area contributed by atoms with Gasteiger partial charge in [0.15, 0.2) is 0 Å². The minimum absolute atomic E-state index is 0.740. The molecule has 0 aliphatic rings. The topological polar surface area (TPSA) is 43.4 Å². The van der Waals surface area contributed by atoms with E-state index in [2.05, 4.69) is 16.4 Å². The van der Waals surface area contributed by atoms with Crippen LogP contribution in [-0.2, 0) is 0 Å². The molecule has 0 radical (unpaired) electrons. The molecule has 0 bridgehead atoms. The van der Waals surface area contributed by atoms with E-state index in [0.717, 1.165) is 33.4 Å². The summed E-state index contributed by atoms with van der Waals surface area (Å²) in [5, 5.41) is 4.43. The second-order valence-electron chi connectivity index (χ2n) is 4.61. The number of thiazole rings is 1. The van der Waals surface area contributed by atoms with Crippen LogP contribution in [0.1, 0.15) is 5.01 Å². The molecule has 21 heavy (non-hydrogen) atoms. The zero-order valence-electron chi connectivity index (χ0n) is 12.1. The lowest BCUT2D eigenvalue weighted by Gasteiger charge is -2.12. The summed E-state index contributed by atoms with van der Waals surface area (Å²) in [6.07, 6.45) is 0. The fraction of sp³-hybridized carbons (Fsp3) is 0.188. The van der Waals surface area contributed by atoms with Crippen LogP contribution in [0, 0.1) is 6.92 Å². The van der Waals surface area contributed by atoms with Gasteiger partial charge in [-0.15, -0.1) is 11.3 Å². The predicted octanol–water partition coefficient (Wildman–Crippen LogP) is 4.37. The fourth-order valence-electron chi connectivity index (χ4n) is 2.18. The highest BCUT2D eigenvalue weighted by Gasteiger charge is 2.07. The molecule has 0 atom stereocenters. The molecule has 1 heterocycles. The minimum Gasteiger partial charge on any atom is -0.497 e. The molecule has 0 amide bonds. The first-order chi connectivity index (χ1) is 10.2. The largest absolute Gasteiger partial charge is 0.497 e. The Morgan fingerprint density at radius 2 is 1.90 bits per heavy atom. The average Bonchev–Trinajstić information content (AvgIpc) is 2.87. The van der Waals surface area contributed by atoms with Crippen LogP contribution < -0.4 is 14.8 Å². The van der Waals surface area contributed by atoms with Gasteiger partial charge >= 0.3 is 0 Å². The molecule has 0 unspecified atom stereocenters. The molecule has 0 saturated carbocycles. The summed E-state index contributed by atoms with van der Waals surface area (Å²) in [5.41, 5.74) is 2.89. The zero-order chi connectivity index (χ0) is 14.8. The highest BCUT2D eigenvalue weighted by molar-refractivity contribution is 7.18. The number of benzene rings is 2. The lowest BCUT2D eigenvalue weighted by Crippen LogP contribution is -1.95. The standard InChI is InChI=1S/C16H16N2O2S/c1-10-17-14-8-11(4-7-16(14)21-10)18-13-6-5-12(19-2)9-15(13)20-3/h4-9,18H,1-3H3. The van der Waals surface area contributed by atoms with Crippen LogP contribution >= 0.6 is 11.3 Å². The molecular formula is C16H16N2O2S. The Kier molecular flexibility index (Phi) is 3.66. The van der Waals surface area contributed by atoms with Gasteiger partial charge in [0, 0.05) is 11.8 Å². The van der Waals surface area contributed by atoms with Crippen LogP contribution in [0.25, 0.3) is 10.2 Å². The van der Waals surface area contributed by atoms with Crippen molar-refractivity contribution < 1.29 is 9.47 Å². The van der Waals surface area contributed by atoms with Gasteiger partial charge in [0.25, 0.3) is 0 Å². The van der Waals surface area contributed by atoms with Gasteiger partial charge in [0.05, 0.1) is 35.1 Å². The molecule has 3 rings (SSSR count). The molecule has 0 fully saturated rings. The van der Waals surface area contributed by atoms with E-state index in [1.165, 1.54) is 4.70 Å². The summed E-state index contributed by atoms with van der Waals surface area (Å²) in [4.78, 5) is 4.51. The third kappa shape index (κ3) is 2.78. The Morgan fingerprint density at radius 1 is 1.05 bits per heavy atom. The lowest BCUT2D eigenvalue weighted by molar-refractivity contribution is 0.395. The predicted molar refractivity (Wildman–Crippen MR) is 87.2 cm³/mol. The number of fused-ring (bicyclic) bond motifs is 1. The molecule has 3 aromatic rings. The van der Waals surface area contributed by atoms with Gasteiger partial charge in [0.1, 0.15) is 11.5 Å². The summed E-state index contributed by atoms with van der Waals surface area (Å²) in [6, 6.07) is 11.9. The van der Waals surface area contributed by atoms with Crippen LogP contribution in [0.15, 0.2) is 36.4 Å². The molecular weight excluding hydrogens is 284 g/mol. The maximum Gasteiger partial charge on any atom is 0.145 e. The number of aryl methyl sites for hydroxylation is 1. The first-order valence-corrected chi connectivity index (χ1v) is 7.37. The number of nitrogens with zero attached hydrogens (tertiary/aromatic N) is 1. The Hall–Kier alpha value is -2.27. The molecule has 1 aromatic heterocycles. The number of methoxy groups -OCH3 is 2. The number of ether oxygens (including phenoxy) is 2. The van der Waals surface area contributed by atoms with E-state index in [4.69, 9.17) is 9.47 Å². The van der Waals surface area contributed by atoms with Crippen molar-refractivity contribution in [2.75, 3.05) is 19.5 Å².